The first-order valence-electron chi connectivity index (χ1n) is 9.31. The molecule has 0 aromatic heterocycles. The highest BCUT2D eigenvalue weighted by atomic mass is 35.5. The first-order valence-corrected chi connectivity index (χ1v) is 9.69. The predicted octanol–water partition coefficient (Wildman–Crippen LogP) is 2.65. The second-order valence-corrected chi connectivity index (χ2v) is 7.42. The number of Topliss-reactive ketones (excluding diaryl/α,β-unsaturated/α-hetero) is 1. The normalized spacial score (nSPS) is 21.6. The van der Waals surface area contributed by atoms with Crippen molar-refractivity contribution in [2.24, 2.45) is 0 Å². The van der Waals surface area contributed by atoms with Crippen LogP contribution < -0.4 is 14.5 Å². The fraction of sp³-hybridized carbons (Fsp3) is 0.333. The Morgan fingerprint density at radius 2 is 1.96 bits per heavy atom. The van der Waals surface area contributed by atoms with E-state index in [2.05, 4.69) is 12.1 Å². The van der Waals surface area contributed by atoms with Crippen LogP contribution in [0.2, 0.25) is 5.02 Å². The van der Waals surface area contributed by atoms with E-state index in [0.717, 1.165) is 25.1 Å². The fourth-order valence-electron chi connectivity index (χ4n) is 4.10. The summed E-state index contributed by atoms with van der Waals surface area (Å²) >= 11 is 6.00. The number of carbonyl (C=O) groups is 2. The van der Waals surface area contributed by atoms with Crippen LogP contribution in [0.3, 0.4) is 0 Å². The molecule has 2 aromatic rings. The first-order chi connectivity index (χ1) is 13.1. The molecule has 2 heterocycles. The average molecular weight is 386 g/mol. The van der Waals surface area contributed by atoms with Crippen molar-refractivity contribution in [3.8, 4) is 5.75 Å². The monoisotopic (exact) mass is 385 g/mol. The third-order valence-electron chi connectivity index (χ3n) is 5.37. The average Bonchev–Trinajstić information content (AvgIpc) is 3.22. The Hall–Kier alpha value is -2.37. The van der Waals surface area contributed by atoms with Gasteiger partial charge in [0.1, 0.15) is 11.8 Å². The number of benzene rings is 2. The van der Waals surface area contributed by atoms with Crippen molar-refractivity contribution in [1.29, 1.82) is 0 Å². The van der Waals surface area contributed by atoms with Crippen molar-refractivity contribution in [3.63, 3.8) is 0 Å². The molecule has 0 bridgehead atoms. The van der Waals surface area contributed by atoms with Crippen molar-refractivity contribution in [3.05, 3.63) is 58.6 Å². The van der Waals surface area contributed by atoms with Gasteiger partial charge in [0.05, 0.1) is 24.4 Å². The summed E-state index contributed by atoms with van der Waals surface area (Å²) in [5.74, 6) is -0.0623. The van der Waals surface area contributed by atoms with Crippen molar-refractivity contribution >= 4 is 29.0 Å². The third kappa shape index (κ3) is 3.33. The van der Waals surface area contributed by atoms with Crippen molar-refractivity contribution in [2.75, 3.05) is 24.7 Å². The molecule has 1 unspecified atom stereocenters. The van der Waals surface area contributed by atoms with E-state index >= 15 is 0 Å². The van der Waals surface area contributed by atoms with Gasteiger partial charge in [0.25, 0.3) is 5.78 Å². The molecule has 0 spiro atoms. The van der Waals surface area contributed by atoms with E-state index in [0.29, 0.717) is 35.6 Å². The van der Waals surface area contributed by atoms with Crippen LogP contribution in [0.1, 0.15) is 41.7 Å². The summed E-state index contributed by atoms with van der Waals surface area (Å²) in [5, 5.41) is 0.470. The molecule has 0 saturated carbocycles. The van der Waals surface area contributed by atoms with Gasteiger partial charge in [-0.1, -0.05) is 11.6 Å². The lowest BCUT2D eigenvalue weighted by molar-refractivity contribution is -0.917. The van der Waals surface area contributed by atoms with Crippen molar-refractivity contribution in [2.45, 2.75) is 25.8 Å². The van der Waals surface area contributed by atoms with Gasteiger partial charge in [-0.15, -0.1) is 0 Å². The van der Waals surface area contributed by atoms with E-state index < -0.39 is 11.7 Å². The molecule has 6 heteroatoms. The van der Waals surface area contributed by atoms with Gasteiger partial charge in [-0.3, -0.25) is 14.5 Å². The molecule has 1 fully saturated rings. The number of ether oxygens (including phenoxy) is 1. The molecule has 27 heavy (non-hydrogen) atoms. The topological polar surface area (TPSA) is 51.1 Å². The quantitative estimate of drug-likeness (QED) is 0.805. The van der Waals surface area contributed by atoms with E-state index in [-0.39, 0.29) is 0 Å². The molecule has 0 radical (unpaired) electrons. The highest BCUT2D eigenvalue weighted by Gasteiger charge is 2.40. The molecule has 0 aliphatic carbocycles. The number of likely N-dealkylation sites (tertiary alicyclic amines) is 1. The van der Waals surface area contributed by atoms with Crippen LogP contribution in [-0.2, 0) is 4.79 Å². The van der Waals surface area contributed by atoms with Crippen LogP contribution in [0.4, 0.5) is 5.69 Å². The number of rotatable bonds is 5. The minimum absolute atomic E-state index is 0.305. The summed E-state index contributed by atoms with van der Waals surface area (Å²) in [6, 6.07) is 13.6. The number of nitrogens with zero attached hydrogens (tertiary/aromatic N) is 1. The Morgan fingerprint density at radius 1 is 1.19 bits per heavy atom. The largest absolute Gasteiger partial charge is 0.494 e. The zero-order valence-electron chi connectivity index (χ0n) is 15.2. The number of anilines is 1. The van der Waals surface area contributed by atoms with Gasteiger partial charge < -0.3 is 9.64 Å². The Morgan fingerprint density at radius 3 is 2.70 bits per heavy atom. The lowest BCUT2D eigenvalue weighted by Gasteiger charge is -2.26. The number of carbonyl (C=O) groups excluding carboxylic acids is 2. The van der Waals surface area contributed by atoms with Crippen LogP contribution in [0, 0.1) is 0 Å². The van der Waals surface area contributed by atoms with E-state index in [9.17, 15) is 9.59 Å². The summed E-state index contributed by atoms with van der Waals surface area (Å²) in [5.41, 5.74) is 2.31. The summed E-state index contributed by atoms with van der Waals surface area (Å²) in [4.78, 5) is 27.7. The number of halogens is 1. The smallest absolute Gasteiger partial charge is 0.303 e. The second kappa shape index (κ2) is 7.33. The number of hydrogen-bond donors (Lipinski definition) is 1. The summed E-state index contributed by atoms with van der Waals surface area (Å²) in [6.45, 7) is 4.07. The molecular formula is C21H22ClN2O3+. The van der Waals surface area contributed by atoms with E-state index in [1.54, 1.807) is 23.1 Å². The maximum atomic E-state index is 12.5. The number of amides is 1. The fourth-order valence-corrected chi connectivity index (χ4v) is 4.27. The SMILES string of the molecule is CCOc1ccc([C@H]2CCC[NH+]2CN2C(=O)C(=O)c3cc(Cl)ccc32)cc1. The van der Waals surface area contributed by atoms with Crippen LogP contribution in [-0.4, -0.2) is 31.5 Å². The zero-order chi connectivity index (χ0) is 19.0. The minimum Gasteiger partial charge on any atom is -0.494 e. The molecular weight excluding hydrogens is 364 g/mol. The summed E-state index contributed by atoms with van der Waals surface area (Å²) < 4.78 is 5.52. The number of quaternary nitrogens is 1. The van der Waals surface area contributed by atoms with E-state index in [1.165, 1.54) is 10.5 Å². The maximum absolute atomic E-state index is 12.5. The van der Waals surface area contributed by atoms with Gasteiger partial charge in [0.2, 0.25) is 0 Å². The second-order valence-electron chi connectivity index (χ2n) is 6.99. The molecule has 1 saturated heterocycles. The van der Waals surface area contributed by atoms with Crippen molar-refractivity contribution < 1.29 is 19.2 Å². The lowest BCUT2D eigenvalue weighted by atomic mass is 10.0. The summed E-state index contributed by atoms with van der Waals surface area (Å²) in [6.07, 6.45) is 2.16. The Kier molecular flexibility index (Phi) is 4.89. The Labute approximate surface area is 163 Å². The molecule has 2 aromatic carbocycles. The van der Waals surface area contributed by atoms with Gasteiger partial charge in [-0.05, 0) is 49.4 Å². The van der Waals surface area contributed by atoms with Gasteiger partial charge in [0.15, 0.2) is 6.67 Å². The molecule has 2 aliphatic rings. The van der Waals surface area contributed by atoms with Gasteiger partial charge >= 0.3 is 5.91 Å². The highest BCUT2D eigenvalue weighted by molar-refractivity contribution is 6.52. The molecule has 4 rings (SSSR count). The maximum Gasteiger partial charge on any atom is 0.303 e. The van der Waals surface area contributed by atoms with Crippen LogP contribution in [0.25, 0.3) is 0 Å². The zero-order valence-corrected chi connectivity index (χ0v) is 16.0. The van der Waals surface area contributed by atoms with Gasteiger partial charge in [-0.25, -0.2) is 0 Å². The van der Waals surface area contributed by atoms with Crippen LogP contribution >= 0.6 is 11.6 Å². The summed E-state index contributed by atoms with van der Waals surface area (Å²) in [7, 11) is 0. The number of hydrogen-bond acceptors (Lipinski definition) is 3. The number of ketones is 1. The van der Waals surface area contributed by atoms with Crippen LogP contribution in [0.15, 0.2) is 42.5 Å². The van der Waals surface area contributed by atoms with Gasteiger partial charge in [0, 0.05) is 23.4 Å². The molecule has 2 aliphatic heterocycles. The van der Waals surface area contributed by atoms with E-state index in [1.807, 2.05) is 19.1 Å². The Bertz CT molecular complexity index is 881. The molecule has 1 N–H and O–H groups in total. The van der Waals surface area contributed by atoms with Crippen LogP contribution in [0.5, 0.6) is 5.75 Å². The van der Waals surface area contributed by atoms with Crippen molar-refractivity contribution in [1.82, 2.24) is 0 Å². The third-order valence-corrected chi connectivity index (χ3v) is 5.61. The molecule has 2 atom stereocenters. The molecule has 5 nitrogen and oxygen atoms in total. The number of fused-ring (bicyclic) bond motifs is 1. The number of nitrogens with one attached hydrogen (secondary N) is 1. The molecule has 1 amide bonds. The Balaban J connectivity index is 1.55. The first kappa shape index (κ1) is 18.0. The predicted molar refractivity (Wildman–Crippen MR) is 104 cm³/mol. The highest BCUT2D eigenvalue weighted by Crippen LogP contribution is 2.31. The van der Waals surface area contributed by atoms with Gasteiger partial charge in [-0.2, -0.15) is 0 Å². The lowest BCUT2D eigenvalue weighted by Crippen LogP contribution is -3.12. The van der Waals surface area contributed by atoms with E-state index in [4.69, 9.17) is 16.3 Å². The molecule has 140 valence electrons. The minimum atomic E-state index is -0.469. The standard InChI is InChI=1S/C21H21ClN2O3/c1-2-27-16-8-5-14(6-9-16)18-4-3-11-23(18)13-24-19-10-7-15(22)12-17(19)20(25)21(24)26/h5-10,12,18H,2-4,11,13H2,1H3/p+1/t18-/m1/s1.